The first-order valence-electron chi connectivity index (χ1n) is 3.67. The molecule has 0 N–H and O–H groups in total. The van der Waals surface area contributed by atoms with Gasteiger partial charge in [-0.1, -0.05) is 0 Å². The van der Waals surface area contributed by atoms with Gasteiger partial charge in [-0.2, -0.15) is 0 Å². The van der Waals surface area contributed by atoms with Crippen molar-refractivity contribution < 1.29 is 9.53 Å². The van der Waals surface area contributed by atoms with Crippen molar-refractivity contribution in [1.29, 1.82) is 0 Å². The third-order valence-electron chi connectivity index (χ3n) is 1.28. The molecule has 0 saturated heterocycles. The largest absolute Gasteiger partial charge is 0.465 e. The van der Waals surface area contributed by atoms with E-state index < -0.39 is 0 Å². The van der Waals surface area contributed by atoms with Gasteiger partial charge < -0.3 is 4.74 Å². The van der Waals surface area contributed by atoms with Crippen molar-refractivity contribution in [2.45, 2.75) is 13.3 Å². The van der Waals surface area contributed by atoms with Gasteiger partial charge in [0.25, 0.3) is 0 Å². The molecule has 0 fully saturated rings. The molecule has 0 radical (unpaired) electrons. The quantitative estimate of drug-likeness (QED) is 0.616. The highest BCUT2D eigenvalue weighted by Crippen LogP contribution is 1.92. The van der Waals surface area contributed by atoms with E-state index in [1.807, 2.05) is 0 Å². The monoisotopic (exact) mass is 166 g/mol. The molecule has 1 aromatic rings. The van der Waals surface area contributed by atoms with Crippen molar-refractivity contribution in [3.05, 3.63) is 24.3 Å². The number of rotatable bonds is 3. The second-order valence-corrected chi connectivity index (χ2v) is 2.29. The summed E-state index contributed by atoms with van der Waals surface area (Å²) >= 11 is 0. The molecule has 4 nitrogen and oxygen atoms in total. The van der Waals surface area contributed by atoms with Crippen LogP contribution >= 0.6 is 0 Å². The molecule has 0 aliphatic heterocycles. The van der Waals surface area contributed by atoms with Crippen LogP contribution in [0.2, 0.25) is 0 Å². The van der Waals surface area contributed by atoms with Crippen LogP contribution in [0, 0.1) is 0 Å². The van der Waals surface area contributed by atoms with Crippen LogP contribution in [0.15, 0.2) is 18.6 Å². The first-order valence-corrected chi connectivity index (χ1v) is 3.67. The third kappa shape index (κ3) is 3.09. The Hall–Kier alpha value is -1.45. The molecule has 0 amide bonds. The average molecular weight is 166 g/mol. The second-order valence-electron chi connectivity index (χ2n) is 2.29. The molecule has 0 bridgehead atoms. The summed E-state index contributed by atoms with van der Waals surface area (Å²) in [5, 5.41) is 0. The van der Waals surface area contributed by atoms with E-state index in [2.05, 4.69) is 9.97 Å². The predicted molar refractivity (Wildman–Crippen MR) is 42.4 cm³/mol. The van der Waals surface area contributed by atoms with Crippen LogP contribution in [0.1, 0.15) is 12.6 Å². The number of carbonyl (C=O) groups is 1. The van der Waals surface area contributed by atoms with Gasteiger partial charge >= 0.3 is 5.97 Å². The molecule has 0 unspecified atom stereocenters. The standard InChI is InChI=1S/C8H10N2O2/c1-7(11)12-5-2-8-6-9-3-4-10-8/h3-4,6H,2,5H2,1H3. The summed E-state index contributed by atoms with van der Waals surface area (Å²) in [6, 6.07) is 0. The molecule has 0 saturated carbocycles. The fraction of sp³-hybridized carbons (Fsp3) is 0.375. The molecule has 1 aromatic heterocycles. The normalized spacial score (nSPS) is 9.42. The Morgan fingerprint density at radius 1 is 1.58 bits per heavy atom. The summed E-state index contributed by atoms with van der Waals surface area (Å²) in [7, 11) is 0. The lowest BCUT2D eigenvalue weighted by molar-refractivity contribution is -0.140. The van der Waals surface area contributed by atoms with E-state index in [0.29, 0.717) is 13.0 Å². The van der Waals surface area contributed by atoms with E-state index in [1.165, 1.54) is 6.92 Å². The van der Waals surface area contributed by atoms with Crippen LogP contribution in [0.5, 0.6) is 0 Å². The third-order valence-corrected chi connectivity index (χ3v) is 1.28. The molecule has 1 heterocycles. The summed E-state index contributed by atoms with van der Waals surface area (Å²) in [4.78, 5) is 18.3. The van der Waals surface area contributed by atoms with Crippen LogP contribution in [0.3, 0.4) is 0 Å². The van der Waals surface area contributed by atoms with Crippen molar-refractivity contribution in [3.63, 3.8) is 0 Å². The highest BCUT2D eigenvalue weighted by atomic mass is 16.5. The minimum absolute atomic E-state index is 0.265. The molecule has 0 aromatic carbocycles. The molecule has 0 aliphatic carbocycles. The molecule has 12 heavy (non-hydrogen) atoms. The zero-order valence-corrected chi connectivity index (χ0v) is 6.86. The molecular weight excluding hydrogens is 156 g/mol. The van der Waals surface area contributed by atoms with Crippen molar-refractivity contribution in [3.8, 4) is 0 Å². The van der Waals surface area contributed by atoms with E-state index in [4.69, 9.17) is 4.74 Å². The summed E-state index contributed by atoms with van der Waals surface area (Å²) < 4.78 is 4.74. The Balaban J connectivity index is 2.29. The van der Waals surface area contributed by atoms with E-state index in [0.717, 1.165) is 5.69 Å². The Morgan fingerprint density at radius 2 is 2.42 bits per heavy atom. The van der Waals surface area contributed by atoms with Gasteiger partial charge in [0.15, 0.2) is 0 Å². The van der Waals surface area contributed by atoms with E-state index in [9.17, 15) is 4.79 Å². The zero-order chi connectivity index (χ0) is 8.81. The highest BCUT2D eigenvalue weighted by molar-refractivity contribution is 5.65. The van der Waals surface area contributed by atoms with Gasteiger partial charge in [-0.15, -0.1) is 0 Å². The maximum Gasteiger partial charge on any atom is 0.302 e. The number of aromatic nitrogens is 2. The maximum atomic E-state index is 10.4. The van der Waals surface area contributed by atoms with E-state index in [-0.39, 0.29) is 5.97 Å². The minimum Gasteiger partial charge on any atom is -0.465 e. The number of esters is 1. The van der Waals surface area contributed by atoms with Crippen LogP contribution in [-0.2, 0) is 16.0 Å². The molecule has 0 aliphatic rings. The molecular formula is C8H10N2O2. The smallest absolute Gasteiger partial charge is 0.302 e. The summed E-state index contributed by atoms with van der Waals surface area (Å²) in [6.07, 6.45) is 5.50. The lowest BCUT2D eigenvalue weighted by Crippen LogP contribution is -2.04. The van der Waals surface area contributed by atoms with Crippen LogP contribution in [0.4, 0.5) is 0 Å². The fourth-order valence-corrected chi connectivity index (χ4v) is 0.758. The average Bonchev–Trinajstić information content (AvgIpc) is 2.05. The number of hydrogen-bond acceptors (Lipinski definition) is 4. The lowest BCUT2D eigenvalue weighted by Gasteiger charge is -1.99. The SMILES string of the molecule is CC(=O)OCCc1cnccn1. The zero-order valence-electron chi connectivity index (χ0n) is 6.86. The van der Waals surface area contributed by atoms with Crippen molar-refractivity contribution in [1.82, 2.24) is 9.97 Å². The van der Waals surface area contributed by atoms with Crippen LogP contribution in [0.25, 0.3) is 0 Å². The molecule has 0 spiro atoms. The first-order chi connectivity index (χ1) is 5.79. The van der Waals surface area contributed by atoms with Gasteiger partial charge in [-0.3, -0.25) is 14.8 Å². The number of carbonyl (C=O) groups excluding carboxylic acids is 1. The van der Waals surface area contributed by atoms with Gasteiger partial charge in [-0.05, 0) is 0 Å². The summed E-state index contributed by atoms with van der Waals surface area (Å²) in [6.45, 7) is 1.75. The van der Waals surface area contributed by atoms with E-state index in [1.54, 1.807) is 18.6 Å². The number of ether oxygens (including phenoxy) is 1. The number of nitrogens with zero attached hydrogens (tertiary/aromatic N) is 2. The van der Waals surface area contributed by atoms with Gasteiger partial charge in [0.05, 0.1) is 12.3 Å². The molecule has 1 rings (SSSR count). The van der Waals surface area contributed by atoms with Crippen molar-refractivity contribution >= 4 is 5.97 Å². The minimum atomic E-state index is -0.265. The Morgan fingerprint density at radius 3 is 3.00 bits per heavy atom. The van der Waals surface area contributed by atoms with Crippen LogP contribution < -0.4 is 0 Å². The van der Waals surface area contributed by atoms with Crippen molar-refractivity contribution in [2.75, 3.05) is 6.61 Å². The highest BCUT2D eigenvalue weighted by Gasteiger charge is 1.95. The maximum absolute atomic E-state index is 10.4. The van der Waals surface area contributed by atoms with Gasteiger partial charge in [0.2, 0.25) is 0 Å². The Bertz CT molecular complexity index is 248. The van der Waals surface area contributed by atoms with Gasteiger partial charge in [0.1, 0.15) is 0 Å². The topological polar surface area (TPSA) is 52.1 Å². The first kappa shape index (κ1) is 8.64. The predicted octanol–water partition coefficient (Wildman–Crippen LogP) is 0.582. The fourth-order valence-electron chi connectivity index (χ4n) is 0.758. The second kappa shape index (κ2) is 4.43. The molecule has 0 atom stereocenters. The molecule has 4 heteroatoms. The summed E-state index contributed by atoms with van der Waals surface area (Å²) in [5.74, 6) is -0.265. The van der Waals surface area contributed by atoms with Crippen LogP contribution in [-0.4, -0.2) is 22.5 Å². The Kier molecular flexibility index (Phi) is 3.19. The number of hydrogen-bond donors (Lipinski definition) is 0. The van der Waals surface area contributed by atoms with Gasteiger partial charge in [-0.25, -0.2) is 0 Å². The molecule has 64 valence electrons. The lowest BCUT2D eigenvalue weighted by atomic mass is 10.3. The summed E-state index contributed by atoms with van der Waals surface area (Å²) in [5.41, 5.74) is 0.832. The van der Waals surface area contributed by atoms with Gasteiger partial charge in [0, 0.05) is 31.9 Å². The van der Waals surface area contributed by atoms with E-state index >= 15 is 0 Å². The Labute approximate surface area is 70.6 Å². The van der Waals surface area contributed by atoms with Crippen molar-refractivity contribution in [2.24, 2.45) is 0 Å².